The molecule has 102 valence electrons. The van der Waals surface area contributed by atoms with Crippen molar-refractivity contribution >= 4 is 15.9 Å². The Bertz CT molecular complexity index is 560. The van der Waals surface area contributed by atoms with Crippen molar-refractivity contribution in [1.82, 2.24) is 9.78 Å². The molecule has 0 aliphatic carbocycles. The number of benzene rings is 1. The van der Waals surface area contributed by atoms with Gasteiger partial charge in [0.05, 0.1) is 22.5 Å². The minimum Gasteiger partial charge on any atom is -0.396 e. The van der Waals surface area contributed by atoms with Crippen LogP contribution < -0.4 is 0 Å². The maximum atomic E-state index is 9.65. The zero-order valence-electron chi connectivity index (χ0n) is 11.5. The lowest BCUT2D eigenvalue weighted by Gasteiger charge is -2.15. The van der Waals surface area contributed by atoms with Gasteiger partial charge in [-0.25, -0.2) is 0 Å². The van der Waals surface area contributed by atoms with Gasteiger partial charge < -0.3 is 5.11 Å². The number of aromatic nitrogens is 2. The van der Waals surface area contributed by atoms with E-state index in [0.29, 0.717) is 0 Å². The summed E-state index contributed by atoms with van der Waals surface area (Å²) in [6.07, 6.45) is 0.775. The predicted molar refractivity (Wildman–Crippen MR) is 80.4 cm³/mol. The molecule has 19 heavy (non-hydrogen) atoms. The SMILES string of the molecule is Cc1ccc(C(CO)Cc2c(Br)c(C)nn2C)cc1. The van der Waals surface area contributed by atoms with Crippen molar-refractivity contribution in [2.75, 3.05) is 6.61 Å². The van der Waals surface area contributed by atoms with Gasteiger partial charge in [-0.05, 0) is 41.8 Å². The third-order valence-electron chi connectivity index (χ3n) is 3.47. The smallest absolute Gasteiger partial charge is 0.0738 e. The maximum absolute atomic E-state index is 9.65. The highest BCUT2D eigenvalue weighted by molar-refractivity contribution is 9.10. The van der Waals surface area contributed by atoms with Crippen LogP contribution in [0.5, 0.6) is 0 Å². The first-order valence-corrected chi connectivity index (χ1v) is 7.17. The molecular weight excluding hydrogens is 304 g/mol. The van der Waals surface area contributed by atoms with Gasteiger partial charge in [0.1, 0.15) is 0 Å². The van der Waals surface area contributed by atoms with E-state index in [2.05, 4.69) is 52.2 Å². The van der Waals surface area contributed by atoms with Gasteiger partial charge in [0.15, 0.2) is 0 Å². The fourth-order valence-electron chi connectivity index (χ4n) is 2.26. The zero-order valence-corrected chi connectivity index (χ0v) is 13.1. The number of aryl methyl sites for hydroxylation is 3. The molecule has 0 radical (unpaired) electrons. The Labute approximate surface area is 122 Å². The predicted octanol–water partition coefficient (Wildman–Crippen LogP) is 3.12. The van der Waals surface area contributed by atoms with Crippen LogP contribution in [0.15, 0.2) is 28.7 Å². The van der Waals surface area contributed by atoms with E-state index in [1.807, 2.05) is 18.7 Å². The van der Waals surface area contributed by atoms with Crippen LogP contribution in [0.3, 0.4) is 0 Å². The van der Waals surface area contributed by atoms with Crippen LogP contribution in [-0.4, -0.2) is 21.5 Å². The van der Waals surface area contributed by atoms with Crippen LogP contribution in [0.2, 0.25) is 0 Å². The highest BCUT2D eigenvalue weighted by Crippen LogP contribution is 2.27. The molecule has 1 aromatic carbocycles. The molecule has 3 nitrogen and oxygen atoms in total. The normalized spacial score (nSPS) is 12.7. The molecule has 2 aromatic rings. The fourth-order valence-corrected chi connectivity index (χ4v) is 2.76. The Morgan fingerprint density at radius 2 is 1.89 bits per heavy atom. The number of halogens is 1. The van der Waals surface area contributed by atoms with E-state index in [9.17, 15) is 5.11 Å². The molecule has 1 aromatic heterocycles. The Morgan fingerprint density at radius 1 is 1.26 bits per heavy atom. The first-order chi connectivity index (χ1) is 9.02. The first-order valence-electron chi connectivity index (χ1n) is 6.38. The minimum absolute atomic E-state index is 0.103. The molecule has 0 aliphatic rings. The molecule has 2 rings (SSSR count). The largest absolute Gasteiger partial charge is 0.396 e. The van der Waals surface area contributed by atoms with Gasteiger partial charge in [0, 0.05) is 13.0 Å². The average Bonchev–Trinajstić information content (AvgIpc) is 2.63. The van der Waals surface area contributed by atoms with Crippen molar-refractivity contribution in [3.8, 4) is 0 Å². The van der Waals surface area contributed by atoms with Gasteiger partial charge in [-0.2, -0.15) is 5.10 Å². The van der Waals surface area contributed by atoms with Crippen molar-refractivity contribution in [3.05, 3.63) is 51.3 Å². The van der Waals surface area contributed by atoms with Gasteiger partial charge in [-0.3, -0.25) is 4.68 Å². The van der Waals surface area contributed by atoms with Crippen LogP contribution in [-0.2, 0) is 13.5 Å². The second-order valence-corrected chi connectivity index (χ2v) is 5.76. The molecular formula is C15H19BrN2O. The van der Waals surface area contributed by atoms with E-state index in [1.165, 1.54) is 11.1 Å². The summed E-state index contributed by atoms with van der Waals surface area (Å²) in [5, 5.41) is 14.0. The number of hydrogen-bond donors (Lipinski definition) is 1. The van der Waals surface area contributed by atoms with Crippen molar-refractivity contribution in [2.24, 2.45) is 7.05 Å². The van der Waals surface area contributed by atoms with Gasteiger partial charge in [-0.15, -0.1) is 0 Å². The summed E-state index contributed by atoms with van der Waals surface area (Å²) >= 11 is 3.58. The Hall–Kier alpha value is -1.13. The highest BCUT2D eigenvalue weighted by Gasteiger charge is 2.17. The van der Waals surface area contributed by atoms with Crippen LogP contribution >= 0.6 is 15.9 Å². The van der Waals surface area contributed by atoms with E-state index >= 15 is 0 Å². The average molecular weight is 323 g/mol. The summed E-state index contributed by atoms with van der Waals surface area (Å²) in [4.78, 5) is 0. The van der Waals surface area contributed by atoms with Crippen molar-refractivity contribution in [1.29, 1.82) is 0 Å². The lowest BCUT2D eigenvalue weighted by molar-refractivity contribution is 0.263. The van der Waals surface area contributed by atoms with Crippen LogP contribution in [0.4, 0.5) is 0 Å². The summed E-state index contributed by atoms with van der Waals surface area (Å²) in [7, 11) is 1.94. The van der Waals surface area contributed by atoms with Gasteiger partial charge in [0.25, 0.3) is 0 Å². The number of aliphatic hydroxyl groups excluding tert-OH is 1. The molecule has 0 fully saturated rings. The van der Waals surface area contributed by atoms with E-state index < -0.39 is 0 Å². The Kier molecular flexibility index (Phi) is 4.42. The van der Waals surface area contributed by atoms with Crippen molar-refractivity contribution in [2.45, 2.75) is 26.2 Å². The van der Waals surface area contributed by atoms with Gasteiger partial charge in [-0.1, -0.05) is 29.8 Å². The lowest BCUT2D eigenvalue weighted by Crippen LogP contribution is -2.11. The Morgan fingerprint density at radius 3 is 2.37 bits per heavy atom. The van der Waals surface area contributed by atoms with Gasteiger partial charge >= 0.3 is 0 Å². The van der Waals surface area contributed by atoms with E-state index in [1.54, 1.807) is 0 Å². The number of aliphatic hydroxyl groups is 1. The summed E-state index contributed by atoms with van der Waals surface area (Å²) in [6.45, 7) is 4.19. The summed E-state index contributed by atoms with van der Waals surface area (Å²) in [6, 6.07) is 8.35. The van der Waals surface area contributed by atoms with Gasteiger partial charge in [0.2, 0.25) is 0 Å². The summed E-state index contributed by atoms with van der Waals surface area (Å²) in [5.74, 6) is 0.103. The minimum atomic E-state index is 0.103. The molecule has 0 saturated carbocycles. The number of rotatable bonds is 4. The molecule has 0 aliphatic heterocycles. The van der Waals surface area contributed by atoms with Crippen molar-refractivity contribution < 1.29 is 5.11 Å². The molecule has 1 unspecified atom stereocenters. The third-order valence-corrected chi connectivity index (χ3v) is 4.50. The quantitative estimate of drug-likeness (QED) is 0.939. The molecule has 0 spiro atoms. The van der Waals surface area contributed by atoms with Crippen LogP contribution in [0, 0.1) is 13.8 Å². The maximum Gasteiger partial charge on any atom is 0.0738 e. The highest BCUT2D eigenvalue weighted by atomic mass is 79.9. The van der Waals surface area contributed by atoms with Crippen LogP contribution in [0.1, 0.15) is 28.4 Å². The topological polar surface area (TPSA) is 38.1 Å². The molecule has 1 heterocycles. The number of hydrogen-bond acceptors (Lipinski definition) is 2. The van der Waals surface area contributed by atoms with E-state index in [0.717, 1.165) is 22.3 Å². The number of nitrogens with zero attached hydrogens (tertiary/aromatic N) is 2. The summed E-state index contributed by atoms with van der Waals surface area (Å²) in [5.41, 5.74) is 4.51. The second-order valence-electron chi connectivity index (χ2n) is 4.96. The zero-order chi connectivity index (χ0) is 14.0. The lowest BCUT2D eigenvalue weighted by atomic mass is 9.94. The molecule has 1 atom stereocenters. The standard InChI is InChI=1S/C15H19BrN2O/c1-10-4-6-12(7-5-10)13(9-19)8-14-15(16)11(2)17-18(14)3/h4-7,13,19H,8-9H2,1-3H3. The summed E-state index contributed by atoms with van der Waals surface area (Å²) < 4.78 is 2.93. The second kappa shape index (κ2) is 5.88. The van der Waals surface area contributed by atoms with E-state index in [4.69, 9.17) is 0 Å². The fraction of sp³-hybridized carbons (Fsp3) is 0.400. The molecule has 0 saturated heterocycles. The Balaban J connectivity index is 2.26. The first kappa shape index (κ1) is 14.3. The van der Waals surface area contributed by atoms with Crippen molar-refractivity contribution in [3.63, 3.8) is 0 Å². The molecule has 0 bridgehead atoms. The molecule has 4 heteroatoms. The third kappa shape index (κ3) is 3.07. The molecule has 0 amide bonds. The van der Waals surface area contributed by atoms with E-state index in [-0.39, 0.29) is 12.5 Å². The van der Waals surface area contributed by atoms with Crippen LogP contribution in [0.25, 0.3) is 0 Å². The molecule has 1 N–H and O–H groups in total. The monoisotopic (exact) mass is 322 g/mol.